The summed E-state index contributed by atoms with van der Waals surface area (Å²) in [5.41, 5.74) is 7.17. The molecule has 0 bridgehead atoms. The van der Waals surface area contributed by atoms with Crippen LogP contribution in [0.25, 0.3) is 0 Å². The average Bonchev–Trinajstić information content (AvgIpc) is 2.36. The highest BCUT2D eigenvalue weighted by Crippen LogP contribution is 2.26. The highest BCUT2D eigenvalue weighted by atomic mass is 35.5. The number of rotatable bonds is 4. The molecule has 1 saturated heterocycles. The first kappa shape index (κ1) is 14.2. The monoisotopic (exact) mass is 282 g/mol. The van der Waals surface area contributed by atoms with Gasteiger partial charge in [0.2, 0.25) is 0 Å². The molecule has 1 aliphatic rings. The highest BCUT2D eigenvalue weighted by Gasteiger charge is 2.25. The fraction of sp³-hybridized carbons (Fsp3) is 0.500. The Morgan fingerprint density at radius 2 is 2.05 bits per heavy atom. The number of carboxylic acid groups (broad SMARTS) is 1. The van der Waals surface area contributed by atoms with E-state index >= 15 is 0 Å². The van der Waals surface area contributed by atoms with Gasteiger partial charge in [-0.1, -0.05) is 11.6 Å². The van der Waals surface area contributed by atoms with Gasteiger partial charge in [-0.2, -0.15) is 0 Å². The Morgan fingerprint density at radius 1 is 1.37 bits per heavy atom. The second-order valence-electron chi connectivity index (χ2n) is 5.18. The minimum absolute atomic E-state index is 0.100. The molecule has 0 saturated carbocycles. The van der Waals surface area contributed by atoms with Gasteiger partial charge in [0.25, 0.3) is 0 Å². The quantitative estimate of drug-likeness (QED) is 0.890. The Kier molecular flexibility index (Phi) is 4.66. The Balaban J connectivity index is 2.00. The molecular weight excluding hydrogens is 264 g/mol. The molecule has 0 amide bonds. The number of nitrogens with two attached hydrogens (primary N) is 1. The lowest BCUT2D eigenvalue weighted by molar-refractivity contribution is -0.137. The Labute approximate surface area is 118 Å². The van der Waals surface area contributed by atoms with Crippen molar-refractivity contribution in [2.75, 3.05) is 18.0 Å². The smallest absolute Gasteiger partial charge is 0.303 e. The van der Waals surface area contributed by atoms with Crippen LogP contribution in [-0.4, -0.2) is 30.2 Å². The zero-order chi connectivity index (χ0) is 13.8. The fourth-order valence-electron chi connectivity index (χ4n) is 2.65. The van der Waals surface area contributed by atoms with E-state index in [4.69, 9.17) is 22.4 Å². The van der Waals surface area contributed by atoms with Crippen molar-refractivity contribution < 1.29 is 9.90 Å². The predicted molar refractivity (Wildman–Crippen MR) is 76.6 cm³/mol. The van der Waals surface area contributed by atoms with E-state index in [1.54, 1.807) is 0 Å². The normalized spacial score (nSPS) is 23.4. The molecule has 5 heteroatoms. The first-order valence-electron chi connectivity index (χ1n) is 6.52. The van der Waals surface area contributed by atoms with Gasteiger partial charge in [-0.05, 0) is 43.0 Å². The number of carbonyl (C=O) groups is 1. The molecule has 0 aromatic heterocycles. The number of hydrogen-bond donors (Lipinski definition) is 2. The minimum Gasteiger partial charge on any atom is -0.481 e. The van der Waals surface area contributed by atoms with Crippen LogP contribution >= 0.6 is 11.6 Å². The van der Waals surface area contributed by atoms with Gasteiger partial charge in [-0.25, -0.2) is 0 Å². The molecule has 104 valence electrons. The summed E-state index contributed by atoms with van der Waals surface area (Å²) in [5.74, 6) is -0.396. The topological polar surface area (TPSA) is 66.6 Å². The first-order chi connectivity index (χ1) is 9.04. The van der Waals surface area contributed by atoms with Crippen molar-refractivity contribution >= 4 is 23.3 Å². The Hall–Kier alpha value is -1.26. The van der Waals surface area contributed by atoms with Crippen LogP contribution in [0.5, 0.6) is 0 Å². The Bertz CT molecular complexity index is 436. The number of halogens is 1. The average molecular weight is 283 g/mol. The number of hydrogen-bond acceptors (Lipinski definition) is 3. The van der Waals surface area contributed by atoms with Crippen LogP contribution in [0.2, 0.25) is 5.02 Å². The third-order valence-corrected chi connectivity index (χ3v) is 3.78. The zero-order valence-corrected chi connectivity index (χ0v) is 11.5. The first-order valence-corrected chi connectivity index (χ1v) is 6.90. The molecule has 2 unspecified atom stereocenters. The van der Waals surface area contributed by atoms with Gasteiger partial charge < -0.3 is 15.7 Å². The van der Waals surface area contributed by atoms with Gasteiger partial charge in [0.15, 0.2) is 0 Å². The van der Waals surface area contributed by atoms with Gasteiger partial charge in [0.1, 0.15) is 0 Å². The molecule has 0 spiro atoms. The second kappa shape index (κ2) is 6.26. The lowest BCUT2D eigenvalue weighted by Gasteiger charge is -2.37. The molecule has 1 aromatic carbocycles. The SMILES string of the molecule is NC1CC(CCC(=O)O)CN(c2ccc(Cl)cc2)C1. The van der Waals surface area contributed by atoms with Gasteiger partial charge in [0.05, 0.1) is 0 Å². The zero-order valence-electron chi connectivity index (χ0n) is 10.8. The van der Waals surface area contributed by atoms with Crippen molar-refractivity contribution in [3.63, 3.8) is 0 Å². The number of carboxylic acids is 1. The van der Waals surface area contributed by atoms with Crippen LogP contribution in [0.4, 0.5) is 5.69 Å². The van der Waals surface area contributed by atoms with Crippen LogP contribution in [0.15, 0.2) is 24.3 Å². The molecule has 2 atom stereocenters. The number of piperidine rings is 1. The van der Waals surface area contributed by atoms with Gasteiger partial charge in [-0.3, -0.25) is 4.79 Å². The van der Waals surface area contributed by atoms with Gasteiger partial charge in [0, 0.05) is 36.3 Å². The summed E-state index contributed by atoms with van der Waals surface area (Å²) < 4.78 is 0. The van der Waals surface area contributed by atoms with Crippen LogP contribution in [0.3, 0.4) is 0 Å². The van der Waals surface area contributed by atoms with Crippen LogP contribution in [0.1, 0.15) is 19.3 Å². The maximum Gasteiger partial charge on any atom is 0.303 e. The van der Waals surface area contributed by atoms with Crippen molar-refractivity contribution in [2.24, 2.45) is 11.7 Å². The van der Waals surface area contributed by atoms with Crippen molar-refractivity contribution in [3.8, 4) is 0 Å². The third-order valence-electron chi connectivity index (χ3n) is 3.53. The standard InChI is InChI=1S/C14H19ClN2O2/c15-11-2-4-13(5-3-11)17-8-10(1-6-14(18)19)7-12(16)9-17/h2-5,10,12H,1,6-9,16H2,(H,18,19). The Morgan fingerprint density at radius 3 is 2.68 bits per heavy atom. The molecule has 0 radical (unpaired) electrons. The number of benzene rings is 1. The van der Waals surface area contributed by atoms with E-state index in [1.807, 2.05) is 24.3 Å². The summed E-state index contributed by atoms with van der Waals surface area (Å²) in [4.78, 5) is 12.9. The lowest BCUT2D eigenvalue weighted by atomic mass is 9.90. The second-order valence-corrected chi connectivity index (χ2v) is 5.61. The van der Waals surface area contributed by atoms with E-state index in [9.17, 15) is 4.79 Å². The number of anilines is 1. The largest absolute Gasteiger partial charge is 0.481 e. The van der Waals surface area contributed by atoms with E-state index in [-0.39, 0.29) is 12.5 Å². The van der Waals surface area contributed by atoms with E-state index < -0.39 is 5.97 Å². The molecule has 4 nitrogen and oxygen atoms in total. The summed E-state index contributed by atoms with van der Waals surface area (Å²) in [6.45, 7) is 1.67. The van der Waals surface area contributed by atoms with Crippen LogP contribution in [-0.2, 0) is 4.79 Å². The van der Waals surface area contributed by atoms with E-state index in [0.717, 1.165) is 25.2 Å². The van der Waals surface area contributed by atoms with Gasteiger partial charge >= 0.3 is 5.97 Å². The highest BCUT2D eigenvalue weighted by molar-refractivity contribution is 6.30. The van der Waals surface area contributed by atoms with Crippen molar-refractivity contribution in [2.45, 2.75) is 25.3 Å². The molecule has 3 N–H and O–H groups in total. The number of nitrogens with zero attached hydrogens (tertiary/aromatic N) is 1. The molecule has 1 fully saturated rings. The number of aliphatic carboxylic acids is 1. The maximum atomic E-state index is 10.7. The van der Waals surface area contributed by atoms with Crippen molar-refractivity contribution in [3.05, 3.63) is 29.3 Å². The summed E-state index contributed by atoms with van der Waals surface area (Å²) in [5, 5.41) is 9.48. The fourth-order valence-corrected chi connectivity index (χ4v) is 2.77. The third kappa shape index (κ3) is 4.11. The van der Waals surface area contributed by atoms with Gasteiger partial charge in [-0.15, -0.1) is 0 Å². The molecular formula is C14H19ClN2O2. The molecule has 2 rings (SSSR count). The minimum atomic E-state index is -0.739. The summed E-state index contributed by atoms with van der Waals surface area (Å²) in [6, 6.07) is 7.79. The van der Waals surface area contributed by atoms with E-state index in [0.29, 0.717) is 17.4 Å². The molecule has 1 aromatic rings. The molecule has 19 heavy (non-hydrogen) atoms. The van der Waals surface area contributed by atoms with E-state index in [2.05, 4.69) is 4.90 Å². The molecule has 1 heterocycles. The molecule has 0 aliphatic carbocycles. The van der Waals surface area contributed by atoms with E-state index in [1.165, 1.54) is 0 Å². The van der Waals surface area contributed by atoms with Crippen LogP contribution < -0.4 is 10.6 Å². The summed E-state index contributed by atoms with van der Waals surface area (Å²) in [6.07, 6.45) is 1.80. The summed E-state index contributed by atoms with van der Waals surface area (Å²) in [7, 11) is 0. The molecule has 1 aliphatic heterocycles. The van der Waals surface area contributed by atoms with Crippen molar-refractivity contribution in [1.82, 2.24) is 0 Å². The maximum absolute atomic E-state index is 10.7. The van der Waals surface area contributed by atoms with Crippen LogP contribution in [0, 0.1) is 5.92 Å². The predicted octanol–water partition coefficient (Wildman–Crippen LogP) is 2.36. The van der Waals surface area contributed by atoms with Crippen molar-refractivity contribution in [1.29, 1.82) is 0 Å². The summed E-state index contributed by atoms with van der Waals surface area (Å²) >= 11 is 5.88. The lowest BCUT2D eigenvalue weighted by Crippen LogP contribution is -2.47.